The van der Waals surface area contributed by atoms with Crippen LogP contribution in [0.3, 0.4) is 0 Å². The lowest BCUT2D eigenvalue weighted by Crippen LogP contribution is -1.82. The van der Waals surface area contributed by atoms with E-state index in [1.54, 1.807) is 0 Å². The molecule has 1 aromatic rings. The summed E-state index contributed by atoms with van der Waals surface area (Å²) in [5, 5.41) is 0. The zero-order valence-electron chi connectivity index (χ0n) is 6.83. The molecule has 4 heteroatoms. The van der Waals surface area contributed by atoms with Crippen LogP contribution in [0.25, 0.3) is 0 Å². The number of aryl methyl sites for hydroxylation is 1. The molecule has 0 unspecified atom stereocenters. The molecule has 0 heterocycles. The molecule has 1 aromatic carbocycles. The third kappa shape index (κ3) is 2.79. The maximum absolute atomic E-state index is 4.75. The van der Waals surface area contributed by atoms with E-state index in [0.717, 1.165) is 9.37 Å². The molecular weight excluding hydrogens is 240 g/mol. The van der Waals surface area contributed by atoms with Crippen LogP contribution >= 0.6 is 28.0 Å². The van der Waals surface area contributed by atoms with Gasteiger partial charge in [-0.2, -0.15) is 4.33 Å². The summed E-state index contributed by atoms with van der Waals surface area (Å²) in [4.78, 5) is 5.54. The van der Waals surface area contributed by atoms with Crippen molar-refractivity contribution in [2.24, 2.45) is 0 Å². The van der Waals surface area contributed by atoms with Gasteiger partial charge in [-0.25, -0.2) is 4.89 Å². The Morgan fingerprint density at radius 3 is 2.83 bits per heavy atom. The van der Waals surface area contributed by atoms with Gasteiger partial charge >= 0.3 is 0 Å². The molecule has 1 rings (SSSR count). The molecule has 0 saturated carbocycles. The van der Waals surface area contributed by atoms with Gasteiger partial charge < -0.3 is 0 Å². The molecule has 12 heavy (non-hydrogen) atoms. The van der Waals surface area contributed by atoms with Gasteiger partial charge in [0.2, 0.25) is 0 Å². The molecule has 0 bridgehead atoms. The topological polar surface area (TPSA) is 18.5 Å². The maximum Gasteiger partial charge on any atom is 0.0725 e. The van der Waals surface area contributed by atoms with Crippen molar-refractivity contribution in [1.29, 1.82) is 0 Å². The minimum atomic E-state index is 1.04. The predicted molar refractivity (Wildman–Crippen MR) is 52.8 cm³/mol. The number of rotatable bonds is 3. The highest BCUT2D eigenvalue weighted by molar-refractivity contribution is 9.10. The maximum atomic E-state index is 4.75. The van der Waals surface area contributed by atoms with Gasteiger partial charge in [-0.15, -0.1) is 0 Å². The molecule has 0 atom stereocenters. The smallest absolute Gasteiger partial charge is 0.0725 e. The normalized spacial score (nSPS) is 10.2. The van der Waals surface area contributed by atoms with Crippen molar-refractivity contribution in [3.8, 4) is 0 Å². The zero-order chi connectivity index (χ0) is 8.97. The Morgan fingerprint density at radius 1 is 1.42 bits per heavy atom. The quantitative estimate of drug-likeness (QED) is 0.465. The van der Waals surface area contributed by atoms with E-state index in [9.17, 15) is 0 Å². The molecule has 0 saturated heterocycles. The fraction of sp³-hybridized carbons (Fsp3) is 0.250. The second-order valence-electron chi connectivity index (χ2n) is 2.23. The van der Waals surface area contributed by atoms with E-state index >= 15 is 0 Å². The van der Waals surface area contributed by atoms with Gasteiger partial charge in [0.05, 0.1) is 19.2 Å². The van der Waals surface area contributed by atoms with Gasteiger partial charge in [0, 0.05) is 9.37 Å². The summed E-state index contributed by atoms with van der Waals surface area (Å²) in [6.07, 6.45) is 0. The molecule has 66 valence electrons. The average Bonchev–Trinajstić information content (AvgIpc) is 2.07. The number of halogens is 1. The molecule has 0 amide bonds. The lowest BCUT2D eigenvalue weighted by molar-refractivity contribution is -0.160. The van der Waals surface area contributed by atoms with E-state index < -0.39 is 0 Å². The van der Waals surface area contributed by atoms with Gasteiger partial charge in [-0.1, -0.05) is 22.0 Å². The summed E-state index contributed by atoms with van der Waals surface area (Å²) in [6.45, 7) is 2.02. The van der Waals surface area contributed by atoms with Crippen molar-refractivity contribution in [1.82, 2.24) is 0 Å². The largest absolute Gasteiger partial charge is 0.227 e. The van der Waals surface area contributed by atoms with Gasteiger partial charge in [0.15, 0.2) is 0 Å². The van der Waals surface area contributed by atoms with Gasteiger partial charge in [-0.3, -0.25) is 0 Å². The van der Waals surface area contributed by atoms with Crippen LogP contribution in [0.1, 0.15) is 5.56 Å². The lowest BCUT2D eigenvalue weighted by Gasteiger charge is -2.02. The summed E-state index contributed by atoms with van der Waals surface area (Å²) in [5.41, 5.74) is 1.17. The summed E-state index contributed by atoms with van der Waals surface area (Å²) in [7, 11) is 1.49. The summed E-state index contributed by atoms with van der Waals surface area (Å²) in [5.74, 6) is 0. The Hall–Kier alpha value is -0.0300. The van der Waals surface area contributed by atoms with Crippen LogP contribution in [0.2, 0.25) is 0 Å². The minimum absolute atomic E-state index is 1.04. The monoisotopic (exact) mass is 248 g/mol. The third-order valence-electron chi connectivity index (χ3n) is 1.34. The Balaban J connectivity index is 2.75. The van der Waals surface area contributed by atoms with Crippen molar-refractivity contribution in [3.05, 3.63) is 28.2 Å². The van der Waals surface area contributed by atoms with Crippen LogP contribution < -0.4 is 0 Å². The molecule has 0 N–H and O–H groups in total. The highest BCUT2D eigenvalue weighted by Gasteiger charge is 2.00. The van der Waals surface area contributed by atoms with Gasteiger partial charge in [-0.05, 0) is 24.6 Å². The van der Waals surface area contributed by atoms with Crippen LogP contribution in [-0.4, -0.2) is 7.11 Å². The molecule has 0 radical (unpaired) electrons. The highest BCUT2D eigenvalue weighted by Crippen LogP contribution is 2.26. The third-order valence-corrected chi connectivity index (χ3v) is 2.66. The first-order valence-electron chi connectivity index (χ1n) is 3.37. The summed E-state index contributed by atoms with van der Waals surface area (Å²) in [6, 6.07) is 6.00. The van der Waals surface area contributed by atoms with Crippen LogP contribution in [0.4, 0.5) is 0 Å². The van der Waals surface area contributed by atoms with Crippen molar-refractivity contribution >= 4 is 28.0 Å². The molecular formula is C8H9BrO2S. The molecule has 0 aromatic heterocycles. The van der Waals surface area contributed by atoms with E-state index in [0.29, 0.717) is 0 Å². The minimum Gasteiger partial charge on any atom is -0.227 e. The second-order valence-corrected chi connectivity index (χ2v) is 3.89. The first kappa shape index (κ1) is 10.1. The Morgan fingerprint density at radius 2 is 2.17 bits per heavy atom. The first-order valence-corrected chi connectivity index (χ1v) is 4.91. The lowest BCUT2D eigenvalue weighted by atomic mass is 10.2. The highest BCUT2D eigenvalue weighted by atomic mass is 79.9. The second kappa shape index (κ2) is 4.87. The summed E-state index contributed by atoms with van der Waals surface area (Å²) >= 11 is 4.59. The SMILES string of the molecule is COOSc1cc(Br)ccc1C. The van der Waals surface area contributed by atoms with Crippen LogP contribution in [-0.2, 0) is 9.22 Å². The first-order chi connectivity index (χ1) is 5.74. The molecule has 0 spiro atoms. The molecule has 0 aliphatic carbocycles. The van der Waals surface area contributed by atoms with Gasteiger partial charge in [0.1, 0.15) is 0 Å². The van der Waals surface area contributed by atoms with Crippen LogP contribution in [0.15, 0.2) is 27.6 Å². The van der Waals surface area contributed by atoms with E-state index in [-0.39, 0.29) is 0 Å². The number of benzene rings is 1. The van der Waals surface area contributed by atoms with E-state index in [4.69, 9.17) is 4.33 Å². The van der Waals surface area contributed by atoms with Crippen molar-refractivity contribution in [2.45, 2.75) is 11.8 Å². The van der Waals surface area contributed by atoms with E-state index in [2.05, 4.69) is 20.8 Å². The fourth-order valence-electron chi connectivity index (χ4n) is 0.734. The molecule has 2 nitrogen and oxygen atoms in total. The van der Waals surface area contributed by atoms with Crippen LogP contribution in [0, 0.1) is 6.92 Å². The molecule has 0 fully saturated rings. The number of hydrogen-bond donors (Lipinski definition) is 0. The summed E-state index contributed by atoms with van der Waals surface area (Å²) < 4.78 is 5.79. The van der Waals surface area contributed by atoms with Gasteiger partial charge in [0.25, 0.3) is 0 Å². The molecule has 0 aliphatic rings. The Bertz CT molecular complexity index is 265. The fourth-order valence-corrected chi connectivity index (χ4v) is 1.76. The predicted octanol–water partition coefficient (Wildman–Crippen LogP) is 3.34. The van der Waals surface area contributed by atoms with Crippen molar-refractivity contribution in [2.75, 3.05) is 7.11 Å². The Labute approximate surface area is 84.5 Å². The van der Waals surface area contributed by atoms with E-state index in [1.165, 1.54) is 24.7 Å². The molecule has 0 aliphatic heterocycles. The number of hydrogen-bond acceptors (Lipinski definition) is 3. The average molecular weight is 249 g/mol. The Kier molecular flexibility index (Phi) is 4.08. The van der Waals surface area contributed by atoms with Crippen molar-refractivity contribution < 1.29 is 9.22 Å². The van der Waals surface area contributed by atoms with Crippen LogP contribution in [0.5, 0.6) is 0 Å². The van der Waals surface area contributed by atoms with E-state index in [1.807, 2.05) is 25.1 Å². The van der Waals surface area contributed by atoms with Crippen molar-refractivity contribution in [3.63, 3.8) is 0 Å². The zero-order valence-corrected chi connectivity index (χ0v) is 9.24. The standard InChI is InChI=1S/C8H9BrO2S/c1-6-3-4-7(9)5-8(6)12-11-10-2/h3-5H,1-2H3.